The van der Waals surface area contributed by atoms with Gasteiger partial charge in [0.1, 0.15) is 11.5 Å². The Kier molecular flexibility index (Phi) is 6.07. The predicted molar refractivity (Wildman–Crippen MR) is 144 cm³/mol. The third-order valence-corrected chi connectivity index (χ3v) is 7.54. The second kappa shape index (κ2) is 9.15. The number of nitrogens with zero attached hydrogens (tertiary/aromatic N) is 2. The maximum atomic E-state index is 5.98. The molecule has 166 valence electrons. The van der Waals surface area contributed by atoms with Gasteiger partial charge >= 0.3 is 0 Å². The molecule has 2 atom stereocenters. The first-order valence-corrected chi connectivity index (χ1v) is 12.2. The molecule has 1 fully saturated rings. The Morgan fingerprint density at radius 2 is 1.61 bits per heavy atom. The number of ether oxygens (including phenoxy) is 1. The van der Waals surface area contributed by atoms with Gasteiger partial charge in [-0.05, 0) is 97.2 Å². The first-order valence-electron chi connectivity index (χ1n) is 10.7. The summed E-state index contributed by atoms with van der Waals surface area (Å²) < 4.78 is 7.20. The molecule has 1 aliphatic heterocycles. The highest BCUT2D eigenvalue weighted by atomic mass is 127. The van der Waals surface area contributed by atoms with E-state index in [9.17, 15) is 0 Å². The van der Waals surface area contributed by atoms with Crippen molar-refractivity contribution in [3.8, 4) is 11.5 Å². The van der Waals surface area contributed by atoms with Gasteiger partial charge in [-0.3, -0.25) is 4.98 Å². The maximum absolute atomic E-state index is 5.98. The van der Waals surface area contributed by atoms with Crippen LogP contribution in [0.25, 0.3) is 0 Å². The fraction of sp³-hybridized carbons (Fsp3) is 0.154. The number of aryl methyl sites for hydroxylation is 2. The first kappa shape index (κ1) is 21.9. The van der Waals surface area contributed by atoms with Crippen molar-refractivity contribution >= 4 is 45.6 Å². The summed E-state index contributed by atoms with van der Waals surface area (Å²) in [6.07, 6.45) is 1.83. The minimum absolute atomic E-state index is 0.0369. The summed E-state index contributed by atoms with van der Waals surface area (Å²) in [7, 11) is 0. The molecular weight excluding hydrogens is 543 g/mol. The number of hydrogen-bond donors (Lipinski definition) is 2. The van der Waals surface area contributed by atoms with Gasteiger partial charge in [0.15, 0.2) is 5.11 Å². The van der Waals surface area contributed by atoms with E-state index in [1.807, 2.05) is 60.8 Å². The second-order valence-electron chi connectivity index (χ2n) is 8.01. The zero-order valence-electron chi connectivity index (χ0n) is 18.2. The van der Waals surface area contributed by atoms with Crippen molar-refractivity contribution in [2.75, 3.05) is 4.90 Å². The molecule has 4 aromatic rings. The molecule has 0 radical (unpaired) electrons. The molecule has 2 aromatic heterocycles. The number of benzene rings is 2. The van der Waals surface area contributed by atoms with Crippen LogP contribution in [0, 0.1) is 17.4 Å². The molecule has 5 nitrogen and oxygen atoms in total. The number of nitrogens with one attached hydrogen (secondary N) is 2. The van der Waals surface area contributed by atoms with Crippen molar-refractivity contribution in [2.24, 2.45) is 0 Å². The Balaban J connectivity index is 1.54. The molecule has 0 aliphatic carbocycles. The molecule has 2 N–H and O–H groups in total. The average Bonchev–Trinajstić information content (AvgIpc) is 3.30. The molecule has 2 aromatic carbocycles. The second-order valence-corrected chi connectivity index (χ2v) is 9.47. The number of thiocarbonyl (C=S) groups is 1. The van der Waals surface area contributed by atoms with E-state index in [2.05, 4.69) is 74.8 Å². The van der Waals surface area contributed by atoms with Crippen LogP contribution in [-0.2, 0) is 0 Å². The van der Waals surface area contributed by atoms with Crippen LogP contribution in [-0.4, -0.2) is 15.1 Å². The molecule has 0 amide bonds. The van der Waals surface area contributed by atoms with E-state index >= 15 is 0 Å². The molecule has 33 heavy (non-hydrogen) atoms. The molecule has 1 saturated heterocycles. The lowest BCUT2D eigenvalue weighted by molar-refractivity contribution is 0.482. The third-order valence-electron chi connectivity index (χ3n) is 5.83. The Morgan fingerprint density at radius 3 is 2.24 bits per heavy atom. The normalized spacial score (nSPS) is 17.8. The summed E-state index contributed by atoms with van der Waals surface area (Å²) >= 11 is 8.28. The molecular formula is C26H23IN4OS. The lowest BCUT2D eigenvalue weighted by Gasteiger charge is -2.28. The van der Waals surface area contributed by atoms with E-state index in [4.69, 9.17) is 17.0 Å². The highest BCUT2D eigenvalue weighted by molar-refractivity contribution is 14.1. The summed E-state index contributed by atoms with van der Waals surface area (Å²) in [5, 5.41) is 4.21. The van der Waals surface area contributed by atoms with Crippen LogP contribution in [0.3, 0.4) is 0 Å². The quantitative estimate of drug-likeness (QED) is 0.211. The number of H-pyrrole nitrogens is 1. The molecule has 0 saturated carbocycles. The largest absolute Gasteiger partial charge is 0.457 e. The van der Waals surface area contributed by atoms with Crippen LogP contribution in [0.2, 0.25) is 0 Å². The average molecular weight is 566 g/mol. The van der Waals surface area contributed by atoms with Gasteiger partial charge in [0, 0.05) is 32.4 Å². The summed E-state index contributed by atoms with van der Waals surface area (Å²) in [5.74, 6) is 1.59. The van der Waals surface area contributed by atoms with Crippen molar-refractivity contribution in [3.05, 3.63) is 105 Å². The fourth-order valence-electron chi connectivity index (χ4n) is 4.35. The Bertz CT molecular complexity index is 1280. The molecule has 7 heteroatoms. The van der Waals surface area contributed by atoms with Crippen molar-refractivity contribution in [2.45, 2.75) is 25.9 Å². The van der Waals surface area contributed by atoms with E-state index in [1.165, 1.54) is 9.13 Å². The molecule has 1 aliphatic rings. The minimum atomic E-state index is -0.0682. The van der Waals surface area contributed by atoms with Gasteiger partial charge in [0.2, 0.25) is 0 Å². The third kappa shape index (κ3) is 4.22. The predicted octanol–water partition coefficient (Wildman–Crippen LogP) is 6.60. The van der Waals surface area contributed by atoms with Crippen LogP contribution < -0.4 is 15.0 Å². The number of para-hydroxylation sites is 1. The highest BCUT2D eigenvalue weighted by Gasteiger charge is 2.43. The summed E-state index contributed by atoms with van der Waals surface area (Å²) in [4.78, 5) is 10.3. The van der Waals surface area contributed by atoms with Crippen LogP contribution in [0.5, 0.6) is 11.5 Å². The van der Waals surface area contributed by atoms with Crippen LogP contribution in [0.1, 0.15) is 34.7 Å². The fourth-order valence-corrected chi connectivity index (χ4v) is 5.55. The first-order chi connectivity index (χ1) is 16.0. The van der Waals surface area contributed by atoms with Crippen molar-refractivity contribution in [1.82, 2.24) is 15.3 Å². The molecule has 0 bridgehead atoms. The van der Waals surface area contributed by atoms with Gasteiger partial charge in [-0.15, -0.1) is 0 Å². The number of pyridine rings is 1. The van der Waals surface area contributed by atoms with E-state index in [1.54, 1.807) is 0 Å². The standard InChI is InChI=1S/C26H23IN4OS/c1-16-22(23(27)17(2)29-16)25-24(21-10-6-7-15-28-21)30-26(33)31(25)18-11-13-20(14-12-18)32-19-8-4-3-5-9-19/h3-15,24-25,29H,1-2H3,(H,30,33)/t24-,25-/m0/s1. The van der Waals surface area contributed by atoms with Gasteiger partial charge in [-0.1, -0.05) is 24.3 Å². The van der Waals surface area contributed by atoms with E-state index in [-0.39, 0.29) is 12.1 Å². The van der Waals surface area contributed by atoms with Crippen molar-refractivity contribution in [1.29, 1.82) is 0 Å². The number of halogens is 1. The summed E-state index contributed by atoms with van der Waals surface area (Å²) in [6, 6.07) is 23.8. The summed E-state index contributed by atoms with van der Waals surface area (Å²) in [6.45, 7) is 4.23. The highest BCUT2D eigenvalue weighted by Crippen LogP contribution is 2.44. The Hall–Kier alpha value is -2.91. The van der Waals surface area contributed by atoms with Gasteiger partial charge in [0.05, 0.1) is 17.8 Å². The lowest BCUT2D eigenvalue weighted by atomic mass is 9.96. The van der Waals surface area contributed by atoms with Crippen LogP contribution in [0.4, 0.5) is 5.69 Å². The van der Waals surface area contributed by atoms with Crippen molar-refractivity contribution < 1.29 is 4.74 Å². The number of hydrogen-bond acceptors (Lipinski definition) is 3. The van der Waals surface area contributed by atoms with Gasteiger partial charge < -0.3 is 19.9 Å². The van der Waals surface area contributed by atoms with Crippen LogP contribution in [0.15, 0.2) is 79.0 Å². The monoisotopic (exact) mass is 566 g/mol. The Morgan fingerprint density at radius 1 is 0.909 bits per heavy atom. The summed E-state index contributed by atoms with van der Waals surface area (Å²) in [5.41, 5.74) is 5.51. The van der Waals surface area contributed by atoms with Gasteiger partial charge in [-0.2, -0.15) is 0 Å². The zero-order chi connectivity index (χ0) is 22.9. The van der Waals surface area contributed by atoms with Gasteiger partial charge in [0.25, 0.3) is 0 Å². The SMILES string of the molecule is Cc1[nH]c(C)c([C@H]2[C@H](c3ccccn3)NC(=S)N2c2ccc(Oc3ccccc3)cc2)c1I. The smallest absolute Gasteiger partial charge is 0.174 e. The lowest BCUT2D eigenvalue weighted by Crippen LogP contribution is -2.29. The number of rotatable bonds is 5. The van der Waals surface area contributed by atoms with E-state index < -0.39 is 0 Å². The number of aromatic amines is 1. The minimum Gasteiger partial charge on any atom is -0.457 e. The van der Waals surface area contributed by atoms with Crippen LogP contribution >= 0.6 is 34.8 Å². The number of aromatic nitrogens is 2. The molecule has 0 unspecified atom stereocenters. The number of anilines is 1. The van der Waals surface area contributed by atoms with E-state index in [0.717, 1.165) is 34.3 Å². The maximum Gasteiger partial charge on any atom is 0.174 e. The topological polar surface area (TPSA) is 53.2 Å². The molecule has 0 spiro atoms. The molecule has 5 rings (SSSR count). The molecule has 3 heterocycles. The van der Waals surface area contributed by atoms with Gasteiger partial charge in [-0.25, -0.2) is 0 Å². The Labute approximate surface area is 212 Å². The van der Waals surface area contributed by atoms with Crippen molar-refractivity contribution in [3.63, 3.8) is 0 Å². The van der Waals surface area contributed by atoms with E-state index in [0.29, 0.717) is 5.11 Å². The zero-order valence-corrected chi connectivity index (χ0v) is 21.2.